The summed E-state index contributed by atoms with van der Waals surface area (Å²) in [7, 11) is 1.66. The van der Waals surface area contributed by atoms with Crippen LogP contribution in [0.1, 0.15) is 41.7 Å². The molecule has 2 bridgehead atoms. The zero-order valence-electron chi connectivity index (χ0n) is 22.1. The number of carbonyl (C=O) groups excluding carboxylic acids is 2. The maximum Gasteiger partial charge on any atom is 0.260 e. The average molecular weight is 549 g/mol. The Labute approximate surface area is 230 Å². The molecule has 2 N–H and O–H groups in total. The second-order valence-corrected chi connectivity index (χ2v) is 11.4. The van der Waals surface area contributed by atoms with Crippen LogP contribution in [-0.4, -0.2) is 73.9 Å². The highest BCUT2D eigenvalue weighted by Gasteiger charge is 2.37. The fourth-order valence-corrected chi connectivity index (χ4v) is 6.59. The number of rotatable bonds is 10. The van der Waals surface area contributed by atoms with E-state index in [-0.39, 0.29) is 11.8 Å². The lowest BCUT2D eigenvalue weighted by Crippen LogP contribution is -2.34. The molecule has 0 aromatic carbocycles. The van der Waals surface area contributed by atoms with Crippen LogP contribution in [0.15, 0.2) is 37.1 Å². The van der Waals surface area contributed by atoms with Gasteiger partial charge in [-0.1, -0.05) is 0 Å². The maximum atomic E-state index is 13.2. The molecule has 0 radical (unpaired) electrons. The fourth-order valence-electron chi connectivity index (χ4n) is 5.56. The summed E-state index contributed by atoms with van der Waals surface area (Å²) in [5.74, 6) is 0.482. The third-order valence-electron chi connectivity index (χ3n) is 7.65. The van der Waals surface area contributed by atoms with Crippen LogP contribution in [0.5, 0.6) is 0 Å². The van der Waals surface area contributed by atoms with E-state index in [0.717, 1.165) is 34.3 Å². The van der Waals surface area contributed by atoms with E-state index in [0.29, 0.717) is 48.2 Å². The molecule has 4 aromatic rings. The van der Waals surface area contributed by atoms with Crippen molar-refractivity contribution in [2.75, 3.05) is 37.4 Å². The molecule has 2 amide bonds. The van der Waals surface area contributed by atoms with Crippen molar-refractivity contribution in [3.05, 3.63) is 48.3 Å². The Kier molecular flexibility index (Phi) is 7.15. The quantitative estimate of drug-likeness (QED) is 0.310. The van der Waals surface area contributed by atoms with Gasteiger partial charge in [0.2, 0.25) is 5.91 Å². The minimum Gasteiger partial charge on any atom is -0.383 e. The van der Waals surface area contributed by atoms with Gasteiger partial charge in [0.1, 0.15) is 4.83 Å². The van der Waals surface area contributed by atoms with Gasteiger partial charge in [0.05, 0.1) is 59.3 Å². The summed E-state index contributed by atoms with van der Waals surface area (Å²) in [4.78, 5) is 34.4. The molecule has 11 nitrogen and oxygen atoms in total. The van der Waals surface area contributed by atoms with Crippen molar-refractivity contribution in [2.45, 2.75) is 45.2 Å². The molecule has 2 fully saturated rings. The van der Waals surface area contributed by atoms with E-state index in [1.54, 1.807) is 36.3 Å². The SMILES string of the molecule is COCCn1cc(-c2cn3ncc(C(=O)Nc4cc(NC(=O)CCN5C[C@@H]6CC[C@H]5C6)cnc4C)c3s2)cn1. The normalized spacial score (nSPS) is 18.7. The number of thiazole rings is 1. The Balaban J connectivity index is 1.10. The molecule has 1 aliphatic carbocycles. The number of carbonyl (C=O) groups is 2. The highest BCUT2D eigenvalue weighted by Crippen LogP contribution is 2.37. The Hall–Kier alpha value is -3.61. The molecular formula is C27H32N8O3S. The second kappa shape index (κ2) is 10.9. The van der Waals surface area contributed by atoms with Crippen LogP contribution in [0.3, 0.4) is 0 Å². The lowest BCUT2D eigenvalue weighted by atomic mass is 10.1. The molecule has 5 heterocycles. The Morgan fingerprint density at radius 3 is 2.82 bits per heavy atom. The summed E-state index contributed by atoms with van der Waals surface area (Å²) in [6.07, 6.45) is 13.1. The third kappa shape index (κ3) is 5.45. The zero-order valence-corrected chi connectivity index (χ0v) is 22.9. The Bertz CT molecular complexity index is 1510. The van der Waals surface area contributed by atoms with Crippen LogP contribution in [0.25, 0.3) is 15.3 Å². The number of likely N-dealkylation sites (tertiary alicyclic amines) is 1. The first-order valence-corrected chi connectivity index (χ1v) is 14.1. The molecule has 12 heteroatoms. The highest BCUT2D eigenvalue weighted by atomic mass is 32.1. The predicted molar refractivity (Wildman–Crippen MR) is 149 cm³/mol. The number of piperidine rings is 1. The van der Waals surface area contributed by atoms with Gasteiger partial charge in [-0.15, -0.1) is 11.3 Å². The van der Waals surface area contributed by atoms with Crippen molar-refractivity contribution in [1.29, 1.82) is 0 Å². The molecule has 0 spiro atoms. The first-order chi connectivity index (χ1) is 19.0. The van der Waals surface area contributed by atoms with Gasteiger partial charge in [0.25, 0.3) is 5.91 Å². The Morgan fingerprint density at radius 2 is 2.03 bits per heavy atom. The summed E-state index contributed by atoms with van der Waals surface area (Å²) >= 11 is 1.47. The molecule has 0 unspecified atom stereocenters. The minimum atomic E-state index is -0.286. The molecule has 2 atom stereocenters. The molecular weight excluding hydrogens is 516 g/mol. The standard InChI is InChI=1S/C27H32N8O3S/c1-17-23(10-20(12-28-17)31-25(36)5-6-33-14-18-3-4-21(33)9-18)32-26(37)22-13-30-35-16-24(39-27(22)35)19-11-29-34(15-19)7-8-38-2/h10-13,15-16,18,21H,3-9,14H2,1-2H3,(H,31,36)(H,32,37)/t18-,21+/m1/s1. The minimum absolute atomic E-state index is 0.0456. The molecule has 2 aliphatic rings. The van der Waals surface area contributed by atoms with Crippen molar-refractivity contribution in [2.24, 2.45) is 5.92 Å². The zero-order chi connectivity index (χ0) is 26.9. The number of hydrogen-bond acceptors (Lipinski definition) is 8. The molecule has 204 valence electrons. The fraction of sp³-hybridized carbons (Fsp3) is 0.444. The lowest BCUT2D eigenvalue weighted by molar-refractivity contribution is -0.116. The average Bonchev–Trinajstić information content (AvgIpc) is 3.74. The third-order valence-corrected chi connectivity index (χ3v) is 8.81. The first-order valence-electron chi connectivity index (χ1n) is 13.3. The lowest BCUT2D eigenvalue weighted by Gasteiger charge is -2.26. The summed E-state index contributed by atoms with van der Waals surface area (Å²) < 4.78 is 8.65. The Morgan fingerprint density at radius 1 is 1.13 bits per heavy atom. The van der Waals surface area contributed by atoms with Gasteiger partial charge in [-0.2, -0.15) is 10.2 Å². The number of amides is 2. The number of nitrogens with one attached hydrogen (secondary N) is 2. The summed E-state index contributed by atoms with van der Waals surface area (Å²) in [5.41, 5.74) is 3.19. The van der Waals surface area contributed by atoms with Crippen molar-refractivity contribution < 1.29 is 14.3 Å². The number of anilines is 2. The van der Waals surface area contributed by atoms with Crippen LogP contribution in [0.2, 0.25) is 0 Å². The number of ether oxygens (including phenoxy) is 1. The molecule has 4 aromatic heterocycles. The maximum absolute atomic E-state index is 13.2. The largest absolute Gasteiger partial charge is 0.383 e. The van der Waals surface area contributed by atoms with Crippen molar-refractivity contribution in [1.82, 2.24) is 29.3 Å². The number of nitrogens with zero attached hydrogens (tertiary/aromatic N) is 6. The van der Waals surface area contributed by atoms with E-state index in [2.05, 4.69) is 30.7 Å². The van der Waals surface area contributed by atoms with Gasteiger partial charge < -0.3 is 15.4 Å². The van der Waals surface area contributed by atoms with Gasteiger partial charge in [-0.25, -0.2) is 4.52 Å². The van der Waals surface area contributed by atoms with Crippen LogP contribution >= 0.6 is 11.3 Å². The smallest absolute Gasteiger partial charge is 0.260 e. The van der Waals surface area contributed by atoms with Crippen LogP contribution in [0.4, 0.5) is 11.4 Å². The summed E-state index contributed by atoms with van der Waals surface area (Å²) in [6.45, 7) is 4.97. The monoisotopic (exact) mass is 548 g/mol. The van der Waals surface area contributed by atoms with Gasteiger partial charge in [-0.3, -0.25) is 24.2 Å². The number of aryl methyl sites for hydroxylation is 1. The number of aromatic nitrogens is 5. The van der Waals surface area contributed by atoms with Crippen LogP contribution in [0, 0.1) is 12.8 Å². The van der Waals surface area contributed by atoms with Crippen LogP contribution < -0.4 is 10.6 Å². The van der Waals surface area contributed by atoms with Crippen molar-refractivity contribution in [3.63, 3.8) is 0 Å². The van der Waals surface area contributed by atoms with Gasteiger partial charge in [0, 0.05) is 50.6 Å². The number of hydrogen-bond donors (Lipinski definition) is 2. The van der Waals surface area contributed by atoms with Gasteiger partial charge >= 0.3 is 0 Å². The number of methoxy groups -OCH3 is 1. The summed E-state index contributed by atoms with van der Waals surface area (Å²) in [6, 6.07) is 2.41. The number of fused-ring (bicyclic) bond motifs is 3. The van der Waals surface area contributed by atoms with E-state index < -0.39 is 0 Å². The predicted octanol–water partition coefficient (Wildman–Crippen LogP) is 3.67. The topological polar surface area (TPSA) is 119 Å². The van der Waals surface area contributed by atoms with E-state index in [4.69, 9.17) is 4.74 Å². The molecule has 1 saturated carbocycles. The highest BCUT2D eigenvalue weighted by molar-refractivity contribution is 7.21. The second-order valence-electron chi connectivity index (χ2n) is 10.3. The molecule has 1 saturated heterocycles. The summed E-state index contributed by atoms with van der Waals surface area (Å²) in [5, 5.41) is 14.6. The van der Waals surface area contributed by atoms with Gasteiger partial charge in [0.15, 0.2) is 0 Å². The molecule has 6 rings (SSSR count). The van der Waals surface area contributed by atoms with E-state index in [1.807, 2.05) is 24.0 Å². The first kappa shape index (κ1) is 25.7. The molecule has 1 aliphatic heterocycles. The van der Waals surface area contributed by atoms with E-state index in [1.165, 1.54) is 30.6 Å². The molecule has 39 heavy (non-hydrogen) atoms. The van der Waals surface area contributed by atoms with Crippen LogP contribution in [-0.2, 0) is 16.1 Å². The number of pyridine rings is 1. The van der Waals surface area contributed by atoms with Gasteiger partial charge in [-0.05, 0) is 38.2 Å². The van der Waals surface area contributed by atoms with Crippen molar-refractivity contribution in [3.8, 4) is 10.4 Å². The van der Waals surface area contributed by atoms with E-state index in [9.17, 15) is 9.59 Å². The van der Waals surface area contributed by atoms with E-state index >= 15 is 0 Å². The van der Waals surface area contributed by atoms with Crippen molar-refractivity contribution >= 4 is 39.4 Å².